The molecule has 20 heavy (non-hydrogen) atoms. The molecular formula is C16H18N2O2. The lowest BCUT2D eigenvalue weighted by Crippen LogP contribution is -2.37. The molecule has 1 aromatic carbocycles. The average Bonchev–Trinajstić information content (AvgIpc) is 2.96. The molecule has 0 aliphatic carbocycles. The lowest BCUT2D eigenvalue weighted by atomic mass is 9.95. The molecule has 1 amide bonds. The Balaban J connectivity index is 2.22. The van der Waals surface area contributed by atoms with E-state index < -0.39 is 11.7 Å². The Kier molecular flexibility index (Phi) is 4.19. The van der Waals surface area contributed by atoms with Crippen molar-refractivity contribution in [2.45, 2.75) is 26.7 Å². The summed E-state index contributed by atoms with van der Waals surface area (Å²) in [5, 5.41) is 9.19. The van der Waals surface area contributed by atoms with Crippen LogP contribution >= 0.6 is 0 Å². The Morgan fingerprint density at radius 3 is 2.40 bits per heavy atom. The maximum atomic E-state index is 12.4. The summed E-state index contributed by atoms with van der Waals surface area (Å²) < 4.78 is 0. The van der Waals surface area contributed by atoms with Crippen molar-refractivity contribution < 1.29 is 9.59 Å². The minimum atomic E-state index is -1.21. The number of aryl methyl sites for hydroxylation is 2. The van der Waals surface area contributed by atoms with Crippen LogP contribution in [0, 0.1) is 31.1 Å². The van der Waals surface area contributed by atoms with Gasteiger partial charge in [-0.05, 0) is 43.9 Å². The van der Waals surface area contributed by atoms with Crippen molar-refractivity contribution in [3.8, 4) is 6.07 Å². The normalized spacial score (nSPS) is 15.8. The first-order valence-electron chi connectivity index (χ1n) is 6.84. The Morgan fingerprint density at radius 1 is 1.20 bits per heavy atom. The summed E-state index contributed by atoms with van der Waals surface area (Å²) in [4.78, 5) is 26.2. The number of ketones is 1. The number of nitrogens with zero attached hydrogens (tertiary/aromatic N) is 2. The molecule has 0 aromatic heterocycles. The molecule has 1 fully saturated rings. The third kappa shape index (κ3) is 2.72. The van der Waals surface area contributed by atoms with Crippen molar-refractivity contribution in [1.82, 2.24) is 4.90 Å². The van der Waals surface area contributed by atoms with Gasteiger partial charge in [-0.15, -0.1) is 0 Å². The van der Waals surface area contributed by atoms with Crippen molar-refractivity contribution in [3.63, 3.8) is 0 Å². The van der Waals surface area contributed by atoms with Gasteiger partial charge in [-0.1, -0.05) is 12.1 Å². The minimum Gasteiger partial charge on any atom is -0.341 e. The van der Waals surface area contributed by atoms with E-state index >= 15 is 0 Å². The van der Waals surface area contributed by atoms with Crippen molar-refractivity contribution >= 4 is 11.7 Å². The van der Waals surface area contributed by atoms with E-state index in [-0.39, 0.29) is 5.91 Å². The van der Waals surface area contributed by atoms with Crippen LogP contribution in [0.15, 0.2) is 18.2 Å². The van der Waals surface area contributed by atoms with Gasteiger partial charge in [0.05, 0.1) is 6.07 Å². The van der Waals surface area contributed by atoms with Crippen LogP contribution in [0.1, 0.15) is 34.3 Å². The topological polar surface area (TPSA) is 61.2 Å². The summed E-state index contributed by atoms with van der Waals surface area (Å²) in [6.07, 6.45) is 1.89. The smallest absolute Gasteiger partial charge is 0.247 e. The van der Waals surface area contributed by atoms with Crippen LogP contribution in [-0.4, -0.2) is 29.7 Å². The number of benzene rings is 1. The first-order valence-corrected chi connectivity index (χ1v) is 6.84. The van der Waals surface area contributed by atoms with Crippen LogP contribution in [0.2, 0.25) is 0 Å². The molecule has 0 radical (unpaired) electrons. The second kappa shape index (κ2) is 5.87. The van der Waals surface area contributed by atoms with E-state index in [1.807, 2.05) is 26.0 Å². The second-order valence-corrected chi connectivity index (χ2v) is 5.26. The van der Waals surface area contributed by atoms with E-state index in [0.29, 0.717) is 18.7 Å². The Hall–Kier alpha value is -2.15. The molecule has 1 heterocycles. The fourth-order valence-electron chi connectivity index (χ4n) is 2.41. The van der Waals surface area contributed by atoms with Crippen LogP contribution < -0.4 is 0 Å². The first-order chi connectivity index (χ1) is 9.54. The number of likely N-dealkylation sites (tertiary alicyclic amines) is 1. The summed E-state index contributed by atoms with van der Waals surface area (Å²) in [6, 6.07) is 7.15. The van der Waals surface area contributed by atoms with Gasteiger partial charge in [0, 0.05) is 18.7 Å². The molecule has 1 unspecified atom stereocenters. The molecule has 2 rings (SSSR count). The molecule has 1 aromatic rings. The van der Waals surface area contributed by atoms with Crippen LogP contribution in [0.4, 0.5) is 0 Å². The van der Waals surface area contributed by atoms with E-state index in [2.05, 4.69) is 0 Å². The lowest BCUT2D eigenvalue weighted by molar-refractivity contribution is -0.131. The van der Waals surface area contributed by atoms with Crippen molar-refractivity contribution in [3.05, 3.63) is 34.9 Å². The van der Waals surface area contributed by atoms with Crippen LogP contribution in [0.25, 0.3) is 0 Å². The monoisotopic (exact) mass is 270 g/mol. The van der Waals surface area contributed by atoms with Gasteiger partial charge in [-0.3, -0.25) is 9.59 Å². The number of carbonyl (C=O) groups excluding carboxylic acids is 2. The highest BCUT2D eigenvalue weighted by Gasteiger charge is 2.32. The zero-order chi connectivity index (χ0) is 14.7. The number of Topliss-reactive ketones (excluding diaryl/α,β-unsaturated/α-hetero) is 1. The summed E-state index contributed by atoms with van der Waals surface area (Å²) >= 11 is 0. The maximum absolute atomic E-state index is 12.4. The Morgan fingerprint density at radius 2 is 1.85 bits per heavy atom. The number of nitriles is 1. The number of hydrogen-bond acceptors (Lipinski definition) is 3. The Bertz CT molecular complexity index is 581. The van der Waals surface area contributed by atoms with E-state index in [0.717, 1.165) is 24.0 Å². The average molecular weight is 270 g/mol. The van der Waals surface area contributed by atoms with Gasteiger partial charge in [0.1, 0.15) is 0 Å². The van der Waals surface area contributed by atoms with Crippen LogP contribution in [0.3, 0.4) is 0 Å². The molecule has 104 valence electrons. The fourth-order valence-corrected chi connectivity index (χ4v) is 2.41. The third-order valence-electron chi connectivity index (χ3n) is 3.85. The SMILES string of the molecule is Cc1ccc(C(=O)C(C#N)C(=O)N2CCCC2)cc1C. The number of carbonyl (C=O) groups is 2. The van der Waals surface area contributed by atoms with E-state index in [1.165, 1.54) is 0 Å². The standard InChI is InChI=1S/C16H18N2O2/c1-11-5-6-13(9-12(11)2)15(19)14(10-17)16(20)18-7-3-4-8-18/h5-6,9,14H,3-4,7-8H2,1-2H3. The number of rotatable bonds is 3. The van der Waals surface area contributed by atoms with Gasteiger partial charge in [0.2, 0.25) is 5.91 Å². The largest absolute Gasteiger partial charge is 0.341 e. The second-order valence-electron chi connectivity index (χ2n) is 5.26. The molecule has 1 saturated heterocycles. The molecule has 0 saturated carbocycles. The van der Waals surface area contributed by atoms with Crippen molar-refractivity contribution in [2.24, 2.45) is 5.92 Å². The van der Waals surface area contributed by atoms with Gasteiger partial charge < -0.3 is 4.90 Å². The van der Waals surface area contributed by atoms with Crippen molar-refractivity contribution in [2.75, 3.05) is 13.1 Å². The molecule has 1 atom stereocenters. The zero-order valence-corrected chi connectivity index (χ0v) is 11.8. The highest BCUT2D eigenvalue weighted by atomic mass is 16.2. The van der Waals surface area contributed by atoms with E-state index in [4.69, 9.17) is 0 Å². The van der Waals surface area contributed by atoms with Gasteiger partial charge >= 0.3 is 0 Å². The Labute approximate surface area is 119 Å². The minimum absolute atomic E-state index is 0.353. The van der Waals surface area contributed by atoms with Gasteiger partial charge in [0.25, 0.3) is 0 Å². The molecule has 0 N–H and O–H groups in total. The highest BCUT2D eigenvalue weighted by Crippen LogP contribution is 2.18. The van der Waals surface area contributed by atoms with Gasteiger partial charge in [-0.25, -0.2) is 0 Å². The third-order valence-corrected chi connectivity index (χ3v) is 3.85. The summed E-state index contributed by atoms with van der Waals surface area (Å²) in [6.45, 7) is 5.17. The molecular weight excluding hydrogens is 252 g/mol. The molecule has 0 bridgehead atoms. The van der Waals surface area contributed by atoms with Crippen LogP contribution in [-0.2, 0) is 4.79 Å². The summed E-state index contributed by atoms with van der Waals surface area (Å²) in [5.74, 6) is -1.96. The number of amides is 1. The van der Waals surface area contributed by atoms with E-state index in [1.54, 1.807) is 17.0 Å². The predicted octanol–water partition coefficient (Wildman–Crippen LogP) is 2.25. The molecule has 4 heteroatoms. The van der Waals surface area contributed by atoms with Crippen LogP contribution in [0.5, 0.6) is 0 Å². The first kappa shape index (κ1) is 14.3. The molecule has 1 aliphatic heterocycles. The van der Waals surface area contributed by atoms with Gasteiger partial charge in [0.15, 0.2) is 11.7 Å². The molecule has 4 nitrogen and oxygen atoms in total. The number of hydrogen-bond donors (Lipinski definition) is 0. The maximum Gasteiger partial charge on any atom is 0.247 e. The summed E-state index contributed by atoms with van der Waals surface area (Å²) in [5.41, 5.74) is 2.51. The van der Waals surface area contributed by atoms with Gasteiger partial charge in [-0.2, -0.15) is 5.26 Å². The fraction of sp³-hybridized carbons (Fsp3) is 0.438. The van der Waals surface area contributed by atoms with Crippen molar-refractivity contribution in [1.29, 1.82) is 5.26 Å². The lowest BCUT2D eigenvalue weighted by Gasteiger charge is -2.18. The quantitative estimate of drug-likeness (QED) is 0.625. The summed E-state index contributed by atoms with van der Waals surface area (Å²) in [7, 11) is 0. The highest BCUT2D eigenvalue weighted by molar-refractivity contribution is 6.12. The van der Waals surface area contributed by atoms with E-state index in [9.17, 15) is 14.9 Å². The molecule has 1 aliphatic rings. The molecule has 0 spiro atoms. The predicted molar refractivity (Wildman–Crippen MR) is 75.2 cm³/mol. The zero-order valence-electron chi connectivity index (χ0n) is 11.8.